The van der Waals surface area contributed by atoms with Crippen molar-refractivity contribution in [1.29, 1.82) is 0 Å². The molecule has 104 valence electrons. The lowest BCUT2D eigenvalue weighted by molar-refractivity contribution is 0.0943. The van der Waals surface area contributed by atoms with Gasteiger partial charge in [0.25, 0.3) is 5.91 Å². The lowest BCUT2D eigenvalue weighted by atomic mass is 10.3. The van der Waals surface area contributed by atoms with E-state index in [2.05, 4.69) is 17.3 Å². The average molecular weight is 270 g/mol. The summed E-state index contributed by atoms with van der Waals surface area (Å²) in [5.74, 6) is 0.519. The van der Waals surface area contributed by atoms with E-state index in [0.29, 0.717) is 23.3 Å². The minimum Gasteiger partial charge on any atom is -0.397 e. The van der Waals surface area contributed by atoms with E-state index in [-0.39, 0.29) is 5.91 Å². The quantitative estimate of drug-likeness (QED) is 0.834. The number of para-hydroxylation sites is 2. The summed E-state index contributed by atoms with van der Waals surface area (Å²) >= 11 is 0. The predicted molar refractivity (Wildman–Crippen MR) is 77.6 cm³/mol. The molecule has 2 atom stereocenters. The van der Waals surface area contributed by atoms with Gasteiger partial charge in [-0.3, -0.25) is 4.79 Å². The summed E-state index contributed by atoms with van der Waals surface area (Å²) in [4.78, 5) is 12.1. The fourth-order valence-electron chi connectivity index (χ4n) is 2.39. The Kier molecular flexibility index (Phi) is 3.18. The molecule has 1 aromatic carbocycles. The van der Waals surface area contributed by atoms with Gasteiger partial charge in [-0.1, -0.05) is 25.5 Å². The molecule has 1 fully saturated rings. The molecular weight excluding hydrogens is 252 g/mol. The van der Waals surface area contributed by atoms with Crippen LogP contribution in [0.15, 0.2) is 36.5 Å². The van der Waals surface area contributed by atoms with Crippen LogP contribution < -0.4 is 11.1 Å². The van der Waals surface area contributed by atoms with Crippen LogP contribution in [0.1, 0.15) is 30.3 Å². The second-order valence-corrected chi connectivity index (χ2v) is 5.19. The lowest BCUT2D eigenvalue weighted by Crippen LogP contribution is -2.27. The number of anilines is 1. The molecule has 3 N–H and O–H groups in total. The number of nitrogens with one attached hydrogen (secondary N) is 1. The highest BCUT2D eigenvalue weighted by atomic mass is 16.2. The Labute approximate surface area is 117 Å². The van der Waals surface area contributed by atoms with Crippen molar-refractivity contribution in [3.63, 3.8) is 0 Å². The van der Waals surface area contributed by atoms with E-state index in [4.69, 9.17) is 5.73 Å². The van der Waals surface area contributed by atoms with Crippen molar-refractivity contribution in [3.05, 3.63) is 42.2 Å². The van der Waals surface area contributed by atoms with E-state index in [0.717, 1.165) is 18.5 Å². The number of nitrogens with two attached hydrogens (primary N) is 1. The summed E-state index contributed by atoms with van der Waals surface area (Å²) in [5.41, 5.74) is 7.75. The van der Waals surface area contributed by atoms with Crippen LogP contribution in [0.2, 0.25) is 0 Å². The van der Waals surface area contributed by atoms with Gasteiger partial charge >= 0.3 is 0 Å². The molecule has 0 saturated heterocycles. The first kappa shape index (κ1) is 12.7. The predicted octanol–water partition coefficient (Wildman–Crippen LogP) is 1.98. The molecule has 5 nitrogen and oxygen atoms in total. The van der Waals surface area contributed by atoms with Crippen molar-refractivity contribution in [3.8, 4) is 5.69 Å². The number of carbonyl (C=O) groups is 1. The molecule has 1 aliphatic rings. The monoisotopic (exact) mass is 270 g/mol. The molecule has 2 aromatic rings. The van der Waals surface area contributed by atoms with Crippen LogP contribution in [0.3, 0.4) is 0 Å². The van der Waals surface area contributed by atoms with Gasteiger partial charge in [0.1, 0.15) is 0 Å². The molecule has 1 heterocycles. The zero-order valence-corrected chi connectivity index (χ0v) is 11.4. The van der Waals surface area contributed by atoms with Gasteiger partial charge in [0.2, 0.25) is 0 Å². The Morgan fingerprint density at radius 1 is 1.45 bits per heavy atom. The Bertz CT molecular complexity index is 634. The normalized spacial score (nSPS) is 20.6. The number of hydrogen-bond donors (Lipinski definition) is 2. The summed E-state index contributed by atoms with van der Waals surface area (Å²) in [5, 5.41) is 7.30. The number of carbonyl (C=O) groups excluding carboxylic acids is 1. The fourth-order valence-corrected chi connectivity index (χ4v) is 2.39. The summed E-state index contributed by atoms with van der Waals surface area (Å²) in [6.45, 7) is 2.14. The number of benzene rings is 1. The Hall–Kier alpha value is -2.30. The lowest BCUT2D eigenvalue weighted by Gasteiger charge is -2.04. The average Bonchev–Trinajstić information content (AvgIpc) is 3.01. The Morgan fingerprint density at radius 2 is 2.25 bits per heavy atom. The highest BCUT2D eigenvalue weighted by Gasteiger charge is 2.36. The molecule has 1 aromatic heterocycles. The smallest absolute Gasteiger partial charge is 0.272 e. The summed E-state index contributed by atoms with van der Waals surface area (Å²) < 4.78 is 1.63. The van der Waals surface area contributed by atoms with Gasteiger partial charge < -0.3 is 11.1 Å². The number of nitrogens with zero attached hydrogens (tertiary/aromatic N) is 2. The largest absolute Gasteiger partial charge is 0.397 e. The van der Waals surface area contributed by atoms with Crippen LogP contribution in [0, 0.1) is 5.92 Å². The van der Waals surface area contributed by atoms with Gasteiger partial charge in [-0.25, -0.2) is 4.68 Å². The van der Waals surface area contributed by atoms with Crippen LogP contribution in [-0.2, 0) is 0 Å². The van der Waals surface area contributed by atoms with Gasteiger partial charge in [-0.2, -0.15) is 5.10 Å². The van der Waals surface area contributed by atoms with E-state index in [1.54, 1.807) is 16.9 Å². The van der Waals surface area contributed by atoms with E-state index in [1.165, 1.54) is 0 Å². The molecule has 0 radical (unpaired) electrons. The van der Waals surface area contributed by atoms with Crippen molar-refractivity contribution >= 4 is 11.6 Å². The van der Waals surface area contributed by atoms with Gasteiger partial charge in [-0.05, 0) is 30.5 Å². The van der Waals surface area contributed by atoms with E-state index < -0.39 is 0 Å². The number of aromatic nitrogens is 2. The zero-order chi connectivity index (χ0) is 14.1. The molecule has 1 amide bonds. The molecule has 0 aliphatic heterocycles. The molecule has 1 aliphatic carbocycles. The maximum Gasteiger partial charge on any atom is 0.272 e. The third-order valence-electron chi connectivity index (χ3n) is 3.77. The molecular formula is C15H18N4O. The number of rotatable bonds is 4. The standard InChI is InChI=1S/C15H18N4O/c1-2-10-9-13(10)17-15(20)12-7-8-19(18-12)14-6-4-3-5-11(14)16/h3-8,10,13H,2,9,16H2,1H3,(H,17,20). The van der Waals surface area contributed by atoms with Crippen LogP contribution in [0.25, 0.3) is 5.69 Å². The van der Waals surface area contributed by atoms with E-state index >= 15 is 0 Å². The summed E-state index contributed by atoms with van der Waals surface area (Å²) in [7, 11) is 0. The number of amides is 1. The maximum absolute atomic E-state index is 12.1. The topological polar surface area (TPSA) is 72.9 Å². The third-order valence-corrected chi connectivity index (χ3v) is 3.77. The maximum atomic E-state index is 12.1. The summed E-state index contributed by atoms with van der Waals surface area (Å²) in [6, 6.07) is 9.48. The first-order valence-electron chi connectivity index (χ1n) is 6.90. The fraction of sp³-hybridized carbons (Fsp3) is 0.333. The van der Waals surface area contributed by atoms with Gasteiger partial charge in [0.05, 0.1) is 11.4 Å². The van der Waals surface area contributed by atoms with Crippen LogP contribution in [0.4, 0.5) is 5.69 Å². The van der Waals surface area contributed by atoms with Crippen molar-refractivity contribution in [1.82, 2.24) is 15.1 Å². The summed E-state index contributed by atoms with van der Waals surface area (Å²) in [6.07, 6.45) is 3.94. The molecule has 0 spiro atoms. The minimum absolute atomic E-state index is 0.112. The molecule has 2 unspecified atom stereocenters. The third kappa shape index (κ3) is 2.39. The van der Waals surface area contributed by atoms with E-state index in [9.17, 15) is 4.79 Å². The molecule has 20 heavy (non-hydrogen) atoms. The first-order valence-corrected chi connectivity index (χ1v) is 6.90. The zero-order valence-electron chi connectivity index (χ0n) is 11.4. The van der Waals surface area contributed by atoms with Crippen molar-refractivity contribution < 1.29 is 4.79 Å². The van der Waals surface area contributed by atoms with Crippen LogP contribution in [-0.4, -0.2) is 21.7 Å². The van der Waals surface area contributed by atoms with Gasteiger partial charge in [0.15, 0.2) is 5.69 Å². The number of nitrogen functional groups attached to an aromatic ring is 1. The second kappa shape index (κ2) is 5.00. The molecule has 1 saturated carbocycles. The minimum atomic E-state index is -0.112. The SMILES string of the molecule is CCC1CC1NC(=O)c1ccn(-c2ccccc2N)n1. The number of hydrogen-bond acceptors (Lipinski definition) is 3. The Balaban J connectivity index is 1.74. The van der Waals surface area contributed by atoms with Crippen LogP contribution >= 0.6 is 0 Å². The Morgan fingerprint density at radius 3 is 2.95 bits per heavy atom. The molecule has 3 rings (SSSR count). The first-order chi connectivity index (χ1) is 9.69. The van der Waals surface area contributed by atoms with Gasteiger partial charge in [-0.15, -0.1) is 0 Å². The highest BCUT2D eigenvalue weighted by molar-refractivity contribution is 5.92. The highest BCUT2D eigenvalue weighted by Crippen LogP contribution is 2.33. The van der Waals surface area contributed by atoms with Crippen molar-refractivity contribution in [2.45, 2.75) is 25.8 Å². The van der Waals surface area contributed by atoms with Crippen molar-refractivity contribution in [2.75, 3.05) is 5.73 Å². The molecule has 5 heteroatoms. The van der Waals surface area contributed by atoms with Crippen molar-refractivity contribution in [2.24, 2.45) is 5.92 Å². The van der Waals surface area contributed by atoms with Gasteiger partial charge in [0, 0.05) is 12.2 Å². The molecule has 0 bridgehead atoms. The van der Waals surface area contributed by atoms with Crippen LogP contribution in [0.5, 0.6) is 0 Å². The second-order valence-electron chi connectivity index (χ2n) is 5.19. The van der Waals surface area contributed by atoms with E-state index in [1.807, 2.05) is 24.3 Å².